The van der Waals surface area contributed by atoms with Gasteiger partial charge in [-0.1, -0.05) is 0 Å². The average Bonchev–Trinajstić information content (AvgIpc) is 2.68. The minimum atomic E-state index is -3.04. The molecule has 1 aromatic heterocycles. The Morgan fingerprint density at radius 1 is 1.58 bits per heavy atom. The number of rotatable bonds is 3. The summed E-state index contributed by atoms with van der Waals surface area (Å²) in [7, 11) is -3.04. The lowest BCUT2D eigenvalue weighted by Gasteiger charge is -2.12. The molecule has 1 aliphatic heterocycles. The van der Waals surface area contributed by atoms with Gasteiger partial charge in [0.25, 0.3) is 5.91 Å². The minimum absolute atomic E-state index is 0.148. The van der Waals surface area contributed by atoms with Crippen LogP contribution in [0.2, 0.25) is 0 Å². The largest absolute Gasteiger partial charge is 0.397 e. The summed E-state index contributed by atoms with van der Waals surface area (Å²) in [6.45, 7) is 1.86. The van der Waals surface area contributed by atoms with E-state index >= 15 is 0 Å². The fourth-order valence-electron chi connectivity index (χ4n) is 2.17. The molecule has 7 heteroatoms. The van der Waals surface area contributed by atoms with Gasteiger partial charge in [-0.3, -0.25) is 9.78 Å². The number of hydrogen-bond acceptors (Lipinski definition) is 5. The third kappa shape index (κ3) is 3.04. The van der Waals surface area contributed by atoms with Crippen molar-refractivity contribution in [1.82, 2.24) is 10.3 Å². The second-order valence-electron chi connectivity index (χ2n) is 4.74. The second kappa shape index (κ2) is 5.16. The van der Waals surface area contributed by atoms with Crippen LogP contribution in [0.3, 0.4) is 0 Å². The van der Waals surface area contributed by atoms with Crippen LogP contribution >= 0.6 is 0 Å². The number of aromatic nitrogens is 1. The molecule has 6 nitrogen and oxygen atoms in total. The normalized spacial score (nSPS) is 21.2. The molecule has 2 rings (SSSR count). The number of nitrogen functional groups attached to an aromatic ring is 1. The number of amides is 1. The Morgan fingerprint density at radius 3 is 2.95 bits per heavy atom. The number of carbonyl (C=O) groups excluding carboxylic acids is 1. The van der Waals surface area contributed by atoms with Crippen LogP contribution in [0.4, 0.5) is 5.69 Å². The van der Waals surface area contributed by atoms with E-state index in [9.17, 15) is 13.2 Å². The van der Waals surface area contributed by atoms with E-state index in [0.29, 0.717) is 29.8 Å². The summed E-state index contributed by atoms with van der Waals surface area (Å²) in [6, 6.07) is 1.54. The molecule has 0 aliphatic carbocycles. The molecule has 104 valence electrons. The summed E-state index contributed by atoms with van der Waals surface area (Å²) in [5.74, 6) is -0.119. The number of sulfone groups is 1. The number of carbonyl (C=O) groups is 1. The van der Waals surface area contributed by atoms with Crippen molar-refractivity contribution in [3.8, 4) is 0 Å². The Kier molecular flexibility index (Phi) is 3.75. The van der Waals surface area contributed by atoms with Crippen molar-refractivity contribution in [2.24, 2.45) is 0 Å². The lowest BCUT2D eigenvalue weighted by atomic mass is 10.1. The second-order valence-corrected chi connectivity index (χ2v) is 7.14. The van der Waals surface area contributed by atoms with Crippen molar-refractivity contribution in [2.45, 2.75) is 25.0 Å². The van der Waals surface area contributed by atoms with E-state index in [2.05, 4.69) is 10.3 Å². The molecule has 0 bridgehead atoms. The van der Waals surface area contributed by atoms with Crippen LogP contribution in [-0.4, -0.2) is 36.9 Å². The van der Waals surface area contributed by atoms with Gasteiger partial charge in [-0.2, -0.15) is 0 Å². The van der Waals surface area contributed by atoms with Crippen molar-refractivity contribution in [2.75, 3.05) is 18.0 Å². The van der Waals surface area contributed by atoms with Crippen LogP contribution in [0.5, 0.6) is 0 Å². The number of nitrogens with one attached hydrogen (secondary N) is 1. The van der Waals surface area contributed by atoms with Gasteiger partial charge in [0.2, 0.25) is 0 Å². The number of hydrogen-bond donors (Lipinski definition) is 2. The van der Waals surface area contributed by atoms with E-state index in [0.717, 1.165) is 0 Å². The van der Waals surface area contributed by atoms with Crippen molar-refractivity contribution in [3.05, 3.63) is 23.5 Å². The van der Waals surface area contributed by atoms with Gasteiger partial charge < -0.3 is 11.1 Å². The molecule has 1 aromatic rings. The highest BCUT2D eigenvalue weighted by atomic mass is 32.2. The van der Waals surface area contributed by atoms with E-state index < -0.39 is 15.1 Å². The van der Waals surface area contributed by atoms with Gasteiger partial charge in [-0.05, 0) is 25.8 Å². The molecule has 3 N–H and O–H groups in total. The fraction of sp³-hybridized carbons (Fsp3) is 0.500. The molecule has 1 aliphatic rings. The first-order valence-electron chi connectivity index (χ1n) is 6.12. The molecule has 1 fully saturated rings. The molecule has 1 amide bonds. The van der Waals surface area contributed by atoms with Crippen LogP contribution in [-0.2, 0) is 9.84 Å². The van der Waals surface area contributed by atoms with E-state index in [1.54, 1.807) is 13.0 Å². The van der Waals surface area contributed by atoms with Gasteiger partial charge in [0.05, 0.1) is 34.1 Å². The van der Waals surface area contributed by atoms with Crippen molar-refractivity contribution in [1.29, 1.82) is 0 Å². The van der Waals surface area contributed by atoms with Gasteiger partial charge >= 0.3 is 0 Å². The Hall–Kier alpha value is -1.63. The Bertz CT molecular complexity index is 598. The first kappa shape index (κ1) is 13.8. The van der Waals surface area contributed by atoms with E-state index in [-0.39, 0.29) is 18.2 Å². The number of nitrogens with zero attached hydrogens (tertiary/aromatic N) is 1. The molecule has 2 heterocycles. The maximum atomic E-state index is 12.0. The van der Waals surface area contributed by atoms with Gasteiger partial charge in [-0.25, -0.2) is 8.42 Å². The van der Waals surface area contributed by atoms with Crippen LogP contribution in [0.1, 0.15) is 28.9 Å². The molecular weight excluding hydrogens is 266 g/mol. The SMILES string of the molecule is Cc1ncc(N)cc1C(=O)NCC1CCCS1(=O)=O. The Labute approximate surface area is 112 Å². The van der Waals surface area contributed by atoms with Crippen LogP contribution < -0.4 is 11.1 Å². The third-order valence-electron chi connectivity index (χ3n) is 3.31. The Balaban J connectivity index is 2.04. The standard InChI is InChI=1S/C12H17N3O3S/c1-8-11(5-9(13)6-14-8)12(16)15-7-10-3-2-4-19(10,17)18/h5-6,10H,2-4,7,13H2,1H3,(H,15,16). The maximum absolute atomic E-state index is 12.0. The average molecular weight is 283 g/mol. The van der Waals surface area contributed by atoms with Gasteiger partial charge in [0, 0.05) is 6.54 Å². The molecule has 1 saturated heterocycles. The zero-order valence-electron chi connectivity index (χ0n) is 10.7. The van der Waals surface area contributed by atoms with Crippen LogP contribution in [0, 0.1) is 6.92 Å². The van der Waals surface area contributed by atoms with Gasteiger partial charge in [-0.15, -0.1) is 0 Å². The molecule has 0 spiro atoms. The van der Waals surface area contributed by atoms with Crippen LogP contribution in [0.15, 0.2) is 12.3 Å². The quantitative estimate of drug-likeness (QED) is 0.829. The lowest BCUT2D eigenvalue weighted by Crippen LogP contribution is -2.35. The first-order chi connectivity index (χ1) is 8.90. The summed E-state index contributed by atoms with van der Waals surface area (Å²) in [4.78, 5) is 16.0. The third-order valence-corrected chi connectivity index (χ3v) is 5.58. The van der Waals surface area contributed by atoms with E-state index in [4.69, 9.17) is 5.73 Å². The number of anilines is 1. The smallest absolute Gasteiger partial charge is 0.253 e. The lowest BCUT2D eigenvalue weighted by molar-refractivity contribution is 0.0952. The van der Waals surface area contributed by atoms with Crippen molar-refractivity contribution in [3.63, 3.8) is 0 Å². The topological polar surface area (TPSA) is 102 Å². The van der Waals surface area contributed by atoms with E-state index in [1.807, 2.05) is 0 Å². The molecular formula is C12H17N3O3S. The van der Waals surface area contributed by atoms with Crippen molar-refractivity contribution < 1.29 is 13.2 Å². The van der Waals surface area contributed by atoms with Gasteiger partial charge in [0.1, 0.15) is 0 Å². The first-order valence-corrected chi connectivity index (χ1v) is 7.83. The molecule has 19 heavy (non-hydrogen) atoms. The zero-order valence-corrected chi connectivity index (χ0v) is 11.5. The van der Waals surface area contributed by atoms with Crippen LogP contribution in [0.25, 0.3) is 0 Å². The maximum Gasteiger partial charge on any atom is 0.253 e. The summed E-state index contributed by atoms with van der Waals surface area (Å²) in [5.41, 5.74) is 6.95. The molecule has 0 aromatic carbocycles. The summed E-state index contributed by atoms with van der Waals surface area (Å²) in [6.07, 6.45) is 2.76. The van der Waals surface area contributed by atoms with Gasteiger partial charge in [0.15, 0.2) is 9.84 Å². The Morgan fingerprint density at radius 2 is 2.32 bits per heavy atom. The summed E-state index contributed by atoms with van der Waals surface area (Å²) >= 11 is 0. The highest BCUT2D eigenvalue weighted by Gasteiger charge is 2.31. The monoisotopic (exact) mass is 283 g/mol. The predicted octanol–water partition coefficient (Wildman–Crippen LogP) is 0.279. The molecule has 0 saturated carbocycles. The summed E-state index contributed by atoms with van der Waals surface area (Å²) < 4.78 is 23.3. The number of nitrogens with two attached hydrogens (primary N) is 1. The number of pyridine rings is 1. The minimum Gasteiger partial charge on any atom is -0.397 e. The van der Waals surface area contributed by atoms with E-state index in [1.165, 1.54) is 6.20 Å². The molecule has 1 atom stereocenters. The number of aryl methyl sites for hydroxylation is 1. The highest BCUT2D eigenvalue weighted by Crippen LogP contribution is 2.19. The zero-order chi connectivity index (χ0) is 14.0. The highest BCUT2D eigenvalue weighted by molar-refractivity contribution is 7.92. The predicted molar refractivity (Wildman–Crippen MR) is 72.5 cm³/mol. The summed E-state index contributed by atoms with van der Waals surface area (Å²) in [5, 5.41) is 2.18. The fourth-order valence-corrected chi connectivity index (χ4v) is 3.93. The molecule has 0 radical (unpaired) electrons. The molecule has 1 unspecified atom stereocenters. The van der Waals surface area contributed by atoms with Crippen molar-refractivity contribution >= 4 is 21.4 Å².